The summed E-state index contributed by atoms with van der Waals surface area (Å²) in [7, 11) is 0. The van der Waals surface area contributed by atoms with Gasteiger partial charge in [-0.2, -0.15) is 0 Å². The second-order valence-corrected chi connectivity index (χ2v) is 6.94. The van der Waals surface area contributed by atoms with Crippen molar-refractivity contribution >= 4 is 17.7 Å². The number of carboxylic acid groups (broad SMARTS) is 1. The molecule has 0 bridgehead atoms. The molecule has 2 unspecified atom stereocenters. The number of piperidine rings is 1. The van der Waals surface area contributed by atoms with E-state index in [1.54, 1.807) is 11.0 Å². The van der Waals surface area contributed by atoms with Gasteiger partial charge in [0.25, 0.3) is 0 Å². The van der Waals surface area contributed by atoms with Crippen molar-refractivity contribution in [2.24, 2.45) is 5.92 Å². The molecule has 0 radical (unpaired) electrons. The minimum atomic E-state index is -0.842. The van der Waals surface area contributed by atoms with Gasteiger partial charge in [-0.1, -0.05) is 0 Å². The first-order valence-electron chi connectivity index (χ1n) is 8.73. The SMILES string of the molecule is Cc1cc(F)ccc1N1CCCC(NC(=O)N2CCC(C(=O)O)C2)C1. The van der Waals surface area contributed by atoms with Crippen LogP contribution in [0.1, 0.15) is 24.8 Å². The number of aliphatic carboxylic acids is 1. The molecule has 2 atom stereocenters. The van der Waals surface area contributed by atoms with E-state index in [0.717, 1.165) is 30.6 Å². The van der Waals surface area contributed by atoms with Gasteiger partial charge in [0.2, 0.25) is 0 Å². The van der Waals surface area contributed by atoms with Gasteiger partial charge in [0.1, 0.15) is 5.82 Å². The highest BCUT2D eigenvalue weighted by atomic mass is 19.1. The van der Waals surface area contributed by atoms with Crippen molar-refractivity contribution in [3.63, 3.8) is 0 Å². The lowest BCUT2D eigenvalue weighted by Gasteiger charge is -2.36. The van der Waals surface area contributed by atoms with Crippen LogP contribution in [0.25, 0.3) is 0 Å². The lowest BCUT2D eigenvalue weighted by atomic mass is 10.0. The normalized spacial score (nSPS) is 23.6. The van der Waals surface area contributed by atoms with Gasteiger partial charge in [0, 0.05) is 37.9 Å². The number of hydrogen-bond donors (Lipinski definition) is 2. The highest BCUT2D eigenvalue weighted by Gasteiger charge is 2.32. The third-order valence-electron chi connectivity index (χ3n) is 5.07. The highest BCUT2D eigenvalue weighted by Crippen LogP contribution is 2.25. The van der Waals surface area contributed by atoms with Crippen LogP contribution < -0.4 is 10.2 Å². The van der Waals surface area contributed by atoms with Gasteiger partial charge in [-0.3, -0.25) is 4.79 Å². The number of nitrogens with zero attached hydrogens (tertiary/aromatic N) is 2. The molecular weight excluding hydrogens is 325 g/mol. The number of amides is 2. The third kappa shape index (κ3) is 4.03. The predicted molar refractivity (Wildman–Crippen MR) is 92.2 cm³/mol. The van der Waals surface area contributed by atoms with Crippen LogP contribution >= 0.6 is 0 Å². The van der Waals surface area contributed by atoms with E-state index in [1.807, 2.05) is 6.92 Å². The number of likely N-dealkylation sites (tertiary alicyclic amines) is 1. The van der Waals surface area contributed by atoms with Crippen LogP contribution in [0.5, 0.6) is 0 Å². The zero-order valence-corrected chi connectivity index (χ0v) is 14.4. The molecule has 0 aromatic heterocycles. The van der Waals surface area contributed by atoms with Crippen LogP contribution in [0.3, 0.4) is 0 Å². The van der Waals surface area contributed by atoms with E-state index < -0.39 is 11.9 Å². The first kappa shape index (κ1) is 17.5. The van der Waals surface area contributed by atoms with Crippen LogP contribution in [-0.4, -0.2) is 54.2 Å². The minimum Gasteiger partial charge on any atom is -0.481 e. The van der Waals surface area contributed by atoms with Gasteiger partial charge >= 0.3 is 12.0 Å². The van der Waals surface area contributed by atoms with Crippen molar-refractivity contribution in [3.05, 3.63) is 29.6 Å². The summed E-state index contributed by atoms with van der Waals surface area (Å²) in [5.41, 5.74) is 1.88. The Morgan fingerprint density at radius 3 is 2.72 bits per heavy atom. The number of benzene rings is 1. The molecule has 2 N–H and O–H groups in total. The lowest BCUT2D eigenvalue weighted by molar-refractivity contribution is -0.141. The molecule has 2 saturated heterocycles. The molecule has 2 fully saturated rings. The van der Waals surface area contributed by atoms with Crippen molar-refractivity contribution in [3.8, 4) is 0 Å². The molecule has 0 spiro atoms. The fraction of sp³-hybridized carbons (Fsp3) is 0.556. The Kier molecular flexibility index (Phi) is 5.11. The van der Waals surface area contributed by atoms with E-state index in [2.05, 4.69) is 10.2 Å². The van der Waals surface area contributed by atoms with Crippen LogP contribution in [0.4, 0.5) is 14.9 Å². The molecule has 1 aromatic rings. The Morgan fingerprint density at radius 2 is 2.04 bits per heavy atom. The molecule has 2 amide bonds. The number of nitrogens with one attached hydrogen (secondary N) is 1. The van der Waals surface area contributed by atoms with Crippen molar-refractivity contribution in [1.29, 1.82) is 0 Å². The fourth-order valence-corrected chi connectivity index (χ4v) is 3.70. The van der Waals surface area contributed by atoms with Crippen LogP contribution in [0.15, 0.2) is 18.2 Å². The van der Waals surface area contributed by atoms with E-state index in [-0.39, 0.29) is 24.4 Å². The molecule has 2 aliphatic rings. The van der Waals surface area contributed by atoms with Gasteiger partial charge in [0.15, 0.2) is 0 Å². The monoisotopic (exact) mass is 349 g/mol. The molecule has 1 aromatic carbocycles. The van der Waals surface area contributed by atoms with Crippen molar-refractivity contribution < 1.29 is 19.1 Å². The fourth-order valence-electron chi connectivity index (χ4n) is 3.70. The van der Waals surface area contributed by atoms with E-state index in [1.165, 1.54) is 12.1 Å². The number of anilines is 1. The maximum Gasteiger partial charge on any atom is 0.317 e. The number of carbonyl (C=O) groups excluding carboxylic acids is 1. The van der Waals surface area contributed by atoms with E-state index in [9.17, 15) is 14.0 Å². The van der Waals surface area contributed by atoms with Crippen molar-refractivity contribution in [2.45, 2.75) is 32.2 Å². The summed E-state index contributed by atoms with van der Waals surface area (Å²) in [4.78, 5) is 27.2. The zero-order chi connectivity index (χ0) is 18.0. The summed E-state index contributed by atoms with van der Waals surface area (Å²) in [5.74, 6) is -1.55. The molecule has 2 heterocycles. The molecule has 0 saturated carbocycles. The number of hydrogen-bond acceptors (Lipinski definition) is 3. The quantitative estimate of drug-likeness (QED) is 0.878. The molecule has 2 aliphatic heterocycles. The second-order valence-electron chi connectivity index (χ2n) is 6.94. The summed E-state index contributed by atoms with van der Waals surface area (Å²) < 4.78 is 13.3. The van der Waals surface area contributed by atoms with Crippen molar-refractivity contribution in [1.82, 2.24) is 10.2 Å². The summed E-state index contributed by atoms with van der Waals surface area (Å²) in [5, 5.41) is 12.1. The van der Waals surface area contributed by atoms with Crippen LogP contribution in [0, 0.1) is 18.7 Å². The van der Waals surface area contributed by atoms with Gasteiger partial charge in [-0.05, 0) is 49.9 Å². The molecule has 25 heavy (non-hydrogen) atoms. The Bertz CT molecular complexity index is 667. The molecule has 6 nitrogen and oxygen atoms in total. The lowest BCUT2D eigenvalue weighted by Crippen LogP contribution is -2.51. The number of carboxylic acids is 1. The Morgan fingerprint density at radius 1 is 1.24 bits per heavy atom. The first-order chi connectivity index (χ1) is 11.9. The second kappa shape index (κ2) is 7.29. The van der Waals surface area contributed by atoms with E-state index in [0.29, 0.717) is 19.5 Å². The summed E-state index contributed by atoms with van der Waals surface area (Å²) >= 11 is 0. The standard InChI is InChI=1S/C18H24FN3O3/c1-12-9-14(19)4-5-16(12)21-7-2-3-15(11-21)20-18(25)22-8-6-13(10-22)17(23)24/h4-5,9,13,15H,2-3,6-8,10-11H2,1H3,(H,20,25)(H,23,24). The van der Waals surface area contributed by atoms with E-state index in [4.69, 9.17) is 5.11 Å². The predicted octanol–water partition coefficient (Wildman–Crippen LogP) is 2.22. The minimum absolute atomic E-state index is 0.00887. The Labute approximate surface area is 146 Å². The third-order valence-corrected chi connectivity index (χ3v) is 5.07. The Hall–Kier alpha value is -2.31. The average Bonchev–Trinajstić information content (AvgIpc) is 3.05. The van der Waals surface area contributed by atoms with Crippen molar-refractivity contribution in [2.75, 3.05) is 31.1 Å². The number of halogens is 1. The molecule has 0 aliphatic carbocycles. The number of urea groups is 1. The first-order valence-corrected chi connectivity index (χ1v) is 8.73. The largest absolute Gasteiger partial charge is 0.481 e. The van der Waals surface area contributed by atoms with Crippen LogP contribution in [-0.2, 0) is 4.79 Å². The summed E-state index contributed by atoms with van der Waals surface area (Å²) in [6.45, 7) is 4.19. The number of carbonyl (C=O) groups is 2. The summed E-state index contributed by atoms with van der Waals surface area (Å²) in [6.07, 6.45) is 2.34. The smallest absolute Gasteiger partial charge is 0.317 e. The molecular formula is C18H24FN3O3. The van der Waals surface area contributed by atoms with Gasteiger partial charge in [0.05, 0.1) is 5.92 Å². The topological polar surface area (TPSA) is 72.9 Å². The summed E-state index contributed by atoms with van der Waals surface area (Å²) in [6, 6.07) is 4.59. The molecule has 3 rings (SSSR count). The van der Waals surface area contributed by atoms with Gasteiger partial charge < -0.3 is 20.2 Å². The highest BCUT2D eigenvalue weighted by molar-refractivity contribution is 5.77. The van der Waals surface area contributed by atoms with Gasteiger partial charge in [-0.25, -0.2) is 9.18 Å². The number of rotatable bonds is 3. The van der Waals surface area contributed by atoms with Gasteiger partial charge in [-0.15, -0.1) is 0 Å². The zero-order valence-electron chi connectivity index (χ0n) is 14.4. The molecule has 7 heteroatoms. The maximum atomic E-state index is 13.3. The molecule has 136 valence electrons. The maximum absolute atomic E-state index is 13.3. The Balaban J connectivity index is 1.58. The average molecular weight is 349 g/mol. The number of aryl methyl sites for hydroxylation is 1. The van der Waals surface area contributed by atoms with E-state index >= 15 is 0 Å². The van der Waals surface area contributed by atoms with Crippen LogP contribution in [0.2, 0.25) is 0 Å².